The van der Waals surface area contributed by atoms with Crippen molar-refractivity contribution in [2.24, 2.45) is 0 Å². The van der Waals surface area contributed by atoms with Crippen LogP contribution in [0.25, 0.3) is 0 Å². The standard InChI is InChI=1S/C17H19NO5S/c19-17(20)13-7-9-16(10-8-13)24(21,22)18(14-4-1-2-5-14)12-15-6-3-11-23-15/h3,6-11,14H,1-2,4-5,12H2,(H,19,20). The first-order valence-corrected chi connectivity index (χ1v) is 9.30. The molecule has 24 heavy (non-hydrogen) atoms. The fourth-order valence-electron chi connectivity index (χ4n) is 3.06. The number of hydrogen-bond acceptors (Lipinski definition) is 4. The number of hydrogen-bond donors (Lipinski definition) is 1. The zero-order chi connectivity index (χ0) is 17.2. The molecule has 1 aromatic heterocycles. The van der Waals surface area contributed by atoms with Crippen molar-refractivity contribution in [2.75, 3.05) is 0 Å². The first-order valence-electron chi connectivity index (χ1n) is 7.86. The maximum Gasteiger partial charge on any atom is 0.335 e. The van der Waals surface area contributed by atoms with Crippen LogP contribution in [0.15, 0.2) is 52.0 Å². The lowest BCUT2D eigenvalue weighted by Gasteiger charge is -2.27. The Morgan fingerprint density at radius 2 is 1.83 bits per heavy atom. The molecule has 1 N–H and O–H groups in total. The number of sulfonamides is 1. The predicted molar refractivity (Wildman–Crippen MR) is 87.1 cm³/mol. The second-order valence-corrected chi connectivity index (χ2v) is 7.79. The van der Waals surface area contributed by atoms with Gasteiger partial charge in [-0.15, -0.1) is 0 Å². The molecule has 1 heterocycles. The summed E-state index contributed by atoms with van der Waals surface area (Å²) in [5.41, 5.74) is 0.0624. The van der Waals surface area contributed by atoms with E-state index in [2.05, 4.69) is 0 Å². The van der Waals surface area contributed by atoms with E-state index in [-0.39, 0.29) is 23.0 Å². The third-order valence-corrected chi connectivity index (χ3v) is 6.24. The molecule has 0 unspecified atom stereocenters. The summed E-state index contributed by atoms with van der Waals surface area (Å²) in [5, 5.41) is 8.96. The minimum absolute atomic E-state index is 0.0562. The van der Waals surface area contributed by atoms with Crippen molar-refractivity contribution in [3.63, 3.8) is 0 Å². The van der Waals surface area contributed by atoms with Gasteiger partial charge in [-0.2, -0.15) is 4.31 Å². The molecule has 1 aromatic carbocycles. The monoisotopic (exact) mass is 349 g/mol. The lowest BCUT2D eigenvalue weighted by Crippen LogP contribution is -2.38. The molecule has 7 heteroatoms. The zero-order valence-corrected chi connectivity index (χ0v) is 13.9. The van der Waals surface area contributed by atoms with Crippen LogP contribution in [0.4, 0.5) is 0 Å². The molecular formula is C17H19NO5S. The Morgan fingerprint density at radius 1 is 1.17 bits per heavy atom. The predicted octanol–water partition coefficient (Wildman–Crippen LogP) is 3.11. The largest absolute Gasteiger partial charge is 0.478 e. The molecule has 1 saturated carbocycles. The van der Waals surface area contributed by atoms with E-state index in [9.17, 15) is 13.2 Å². The van der Waals surface area contributed by atoms with Crippen LogP contribution in [0.5, 0.6) is 0 Å². The van der Waals surface area contributed by atoms with Crippen molar-refractivity contribution in [3.05, 3.63) is 54.0 Å². The number of benzene rings is 1. The van der Waals surface area contributed by atoms with Crippen LogP contribution in [0, 0.1) is 0 Å². The highest BCUT2D eigenvalue weighted by atomic mass is 32.2. The van der Waals surface area contributed by atoms with Gasteiger partial charge < -0.3 is 9.52 Å². The van der Waals surface area contributed by atoms with Crippen molar-refractivity contribution in [1.29, 1.82) is 0 Å². The number of carboxylic acids is 1. The van der Waals surface area contributed by atoms with E-state index < -0.39 is 16.0 Å². The highest BCUT2D eigenvalue weighted by molar-refractivity contribution is 7.89. The Kier molecular flexibility index (Phi) is 4.73. The summed E-state index contributed by atoms with van der Waals surface area (Å²) in [7, 11) is -3.72. The fraction of sp³-hybridized carbons (Fsp3) is 0.353. The summed E-state index contributed by atoms with van der Waals surface area (Å²) in [6.07, 6.45) is 5.19. The van der Waals surface area contributed by atoms with Crippen LogP contribution in [0.1, 0.15) is 41.8 Å². The Hall–Kier alpha value is -2.12. The Balaban J connectivity index is 1.93. The van der Waals surface area contributed by atoms with Gasteiger partial charge in [-0.25, -0.2) is 13.2 Å². The summed E-state index contributed by atoms with van der Waals surface area (Å²) in [4.78, 5) is 11.0. The molecule has 1 aliphatic carbocycles. The van der Waals surface area contributed by atoms with Crippen LogP contribution in [-0.4, -0.2) is 29.8 Å². The third-order valence-electron chi connectivity index (χ3n) is 4.33. The molecule has 0 spiro atoms. The topological polar surface area (TPSA) is 87.8 Å². The molecule has 0 bridgehead atoms. The number of aromatic carboxylic acids is 1. The highest BCUT2D eigenvalue weighted by Crippen LogP contribution is 2.30. The first kappa shape index (κ1) is 16.7. The van der Waals surface area contributed by atoms with E-state index in [1.54, 1.807) is 12.1 Å². The Morgan fingerprint density at radius 3 is 2.38 bits per heavy atom. The summed E-state index contributed by atoms with van der Waals surface area (Å²) in [5.74, 6) is -0.491. The van der Waals surface area contributed by atoms with Gasteiger partial charge in [0.05, 0.1) is 23.3 Å². The van der Waals surface area contributed by atoms with Crippen LogP contribution in [0.2, 0.25) is 0 Å². The van der Waals surface area contributed by atoms with E-state index >= 15 is 0 Å². The SMILES string of the molecule is O=C(O)c1ccc(S(=O)(=O)N(Cc2ccco2)C2CCCC2)cc1. The quantitative estimate of drug-likeness (QED) is 0.866. The summed E-state index contributed by atoms with van der Waals surface area (Å²) in [6, 6.07) is 8.76. The molecule has 0 atom stereocenters. The number of rotatable bonds is 6. The number of carbonyl (C=O) groups is 1. The minimum atomic E-state index is -3.72. The van der Waals surface area contributed by atoms with E-state index in [4.69, 9.17) is 9.52 Å². The maximum atomic E-state index is 13.1. The average molecular weight is 349 g/mol. The van der Waals surface area contributed by atoms with Crippen molar-refractivity contribution in [3.8, 4) is 0 Å². The Labute approximate surface area is 140 Å². The first-order chi connectivity index (χ1) is 11.5. The smallest absolute Gasteiger partial charge is 0.335 e. The number of furan rings is 1. The second-order valence-electron chi connectivity index (χ2n) is 5.90. The van der Waals surface area contributed by atoms with Gasteiger partial charge in [0.1, 0.15) is 5.76 Å². The van der Waals surface area contributed by atoms with E-state index in [0.29, 0.717) is 5.76 Å². The lowest BCUT2D eigenvalue weighted by molar-refractivity contribution is 0.0696. The Bertz CT molecular complexity index is 790. The molecule has 0 amide bonds. The van der Waals surface area contributed by atoms with Gasteiger partial charge in [-0.1, -0.05) is 12.8 Å². The molecule has 2 aromatic rings. The number of carboxylic acid groups (broad SMARTS) is 1. The van der Waals surface area contributed by atoms with E-state index in [1.807, 2.05) is 0 Å². The zero-order valence-electron chi connectivity index (χ0n) is 13.1. The van der Waals surface area contributed by atoms with Crippen LogP contribution in [-0.2, 0) is 16.6 Å². The summed E-state index contributed by atoms with van der Waals surface area (Å²) < 4.78 is 32.9. The normalized spacial score (nSPS) is 15.9. The van der Waals surface area contributed by atoms with Gasteiger partial charge in [0.15, 0.2) is 0 Å². The van der Waals surface area contributed by atoms with Crippen molar-refractivity contribution < 1.29 is 22.7 Å². The highest BCUT2D eigenvalue weighted by Gasteiger charge is 2.34. The van der Waals surface area contributed by atoms with Crippen molar-refractivity contribution in [2.45, 2.75) is 43.2 Å². The molecular weight excluding hydrogens is 330 g/mol. The van der Waals surface area contributed by atoms with E-state index in [1.165, 1.54) is 34.8 Å². The van der Waals surface area contributed by atoms with Crippen LogP contribution < -0.4 is 0 Å². The van der Waals surface area contributed by atoms with E-state index in [0.717, 1.165) is 25.7 Å². The third kappa shape index (κ3) is 3.37. The molecule has 128 valence electrons. The molecule has 0 aliphatic heterocycles. The second kappa shape index (κ2) is 6.78. The average Bonchev–Trinajstić information content (AvgIpc) is 3.26. The molecule has 3 rings (SSSR count). The van der Waals surface area contributed by atoms with Gasteiger partial charge in [0, 0.05) is 6.04 Å². The van der Waals surface area contributed by atoms with Gasteiger partial charge >= 0.3 is 5.97 Å². The molecule has 1 aliphatic rings. The van der Waals surface area contributed by atoms with Crippen molar-refractivity contribution >= 4 is 16.0 Å². The molecule has 0 saturated heterocycles. The summed E-state index contributed by atoms with van der Waals surface area (Å²) in [6.45, 7) is 0.181. The molecule has 6 nitrogen and oxygen atoms in total. The van der Waals surface area contributed by atoms with Gasteiger partial charge in [0.25, 0.3) is 0 Å². The van der Waals surface area contributed by atoms with Gasteiger partial charge in [-0.3, -0.25) is 0 Å². The lowest BCUT2D eigenvalue weighted by atomic mass is 10.2. The minimum Gasteiger partial charge on any atom is -0.478 e. The molecule has 0 radical (unpaired) electrons. The number of nitrogens with zero attached hydrogens (tertiary/aromatic N) is 1. The molecule has 1 fully saturated rings. The maximum absolute atomic E-state index is 13.1. The fourth-order valence-corrected chi connectivity index (χ4v) is 4.71. The summed E-state index contributed by atoms with van der Waals surface area (Å²) >= 11 is 0. The van der Waals surface area contributed by atoms with Crippen LogP contribution >= 0.6 is 0 Å². The van der Waals surface area contributed by atoms with Crippen molar-refractivity contribution in [1.82, 2.24) is 4.31 Å². The van der Waals surface area contributed by atoms with Gasteiger partial charge in [-0.05, 0) is 49.2 Å². The van der Waals surface area contributed by atoms with Crippen LogP contribution in [0.3, 0.4) is 0 Å². The van der Waals surface area contributed by atoms with Gasteiger partial charge in [0.2, 0.25) is 10.0 Å².